The van der Waals surface area contributed by atoms with Crippen molar-refractivity contribution in [3.8, 4) is 0 Å². The van der Waals surface area contributed by atoms with Crippen LogP contribution in [0.25, 0.3) is 0 Å². The molecule has 0 atom stereocenters. The molecule has 0 aliphatic rings. The molecule has 0 bridgehead atoms. The first-order chi connectivity index (χ1) is 9.54. The highest BCUT2D eigenvalue weighted by Gasteiger charge is 2.06. The largest absolute Gasteiger partial charge is 0.311 e. The van der Waals surface area contributed by atoms with Crippen LogP contribution in [0.2, 0.25) is 0 Å². The topological polar surface area (TPSA) is 42.0 Å². The Morgan fingerprint density at radius 2 is 2.05 bits per heavy atom. The zero-order valence-electron chi connectivity index (χ0n) is 11.6. The summed E-state index contributed by atoms with van der Waals surface area (Å²) in [5.41, 5.74) is 3.68. The Kier molecular flexibility index (Phi) is 4.90. The minimum absolute atomic E-state index is 0.0132. The number of carbonyl (C=O) groups excluding carboxylic acids is 1. The van der Waals surface area contributed by atoms with E-state index in [2.05, 4.69) is 58.3 Å². The highest BCUT2D eigenvalue weighted by molar-refractivity contribution is 9.10. The van der Waals surface area contributed by atoms with E-state index in [1.807, 2.05) is 6.07 Å². The molecule has 2 aromatic rings. The molecule has 0 saturated carbocycles. The van der Waals surface area contributed by atoms with Crippen molar-refractivity contribution in [3.63, 3.8) is 0 Å². The number of aromatic nitrogens is 1. The van der Waals surface area contributed by atoms with Crippen LogP contribution in [0.3, 0.4) is 0 Å². The number of halogens is 1. The lowest BCUT2D eigenvalue weighted by Crippen LogP contribution is -2.13. The fraction of sp³-hybridized carbons (Fsp3) is 0.250. The van der Waals surface area contributed by atoms with Gasteiger partial charge in [0.2, 0.25) is 5.91 Å². The second-order valence-electron chi connectivity index (χ2n) is 4.84. The Balaban J connectivity index is 1.92. The van der Waals surface area contributed by atoms with Gasteiger partial charge in [-0.3, -0.25) is 4.79 Å². The average molecular weight is 333 g/mol. The van der Waals surface area contributed by atoms with Crippen LogP contribution in [0.1, 0.15) is 23.1 Å². The van der Waals surface area contributed by atoms with Crippen LogP contribution in [0, 0.1) is 13.8 Å². The number of carbonyl (C=O) groups is 1. The molecule has 0 unspecified atom stereocenters. The van der Waals surface area contributed by atoms with Crippen LogP contribution in [0.5, 0.6) is 0 Å². The molecule has 1 aromatic heterocycles. The molecule has 0 aliphatic heterocycles. The molecule has 0 spiro atoms. The predicted molar refractivity (Wildman–Crippen MR) is 84.8 cm³/mol. The van der Waals surface area contributed by atoms with Crippen LogP contribution >= 0.6 is 15.9 Å². The number of hydrogen-bond donors (Lipinski definition) is 1. The van der Waals surface area contributed by atoms with Crippen molar-refractivity contribution in [2.45, 2.75) is 26.7 Å². The Morgan fingerprint density at radius 3 is 2.75 bits per heavy atom. The van der Waals surface area contributed by atoms with E-state index in [4.69, 9.17) is 0 Å². The average Bonchev–Trinajstić information content (AvgIpc) is 2.42. The summed E-state index contributed by atoms with van der Waals surface area (Å²) in [6.07, 6.45) is 2.87. The van der Waals surface area contributed by atoms with E-state index in [-0.39, 0.29) is 5.91 Å². The number of rotatable bonds is 4. The molecule has 0 aliphatic carbocycles. The molecular formula is C16H17BrN2O. The van der Waals surface area contributed by atoms with Crippen molar-refractivity contribution in [1.82, 2.24) is 4.98 Å². The number of aryl methyl sites for hydroxylation is 3. The van der Waals surface area contributed by atoms with Crippen LogP contribution in [-0.4, -0.2) is 10.9 Å². The summed E-state index contributed by atoms with van der Waals surface area (Å²) >= 11 is 3.31. The summed E-state index contributed by atoms with van der Waals surface area (Å²) < 4.78 is 0.894. The molecule has 0 fully saturated rings. The number of nitrogens with zero attached hydrogens (tertiary/aromatic N) is 1. The van der Waals surface area contributed by atoms with Gasteiger partial charge in [0.25, 0.3) is 0 Å². The summed E-state index contributed by atoms with van der Waals surface area (Å²) in [4.78, 5) is 16.0. The highest BCUT2D eigenvalue weighted by atomic mass is 79.9. The van der Waals surface area contributed by atoms with E-state index < -0.39 is 0 Å². The molecule has 3 nitrogen and oxygen atoms in total. The van der Waals surface area contributed by atoms with Gasteiger partial charge >= 0.3 is 0 Å². The van der Waals surface area contributed by atoms with Crippen LogP contribution in [-0.2, 0) is 11.2 Å². The fourth-order valence-corrected chi connectivity index (χ4v) is 2.21. The Hall–Kier alpha value is -1.68. The van der Waals surface area contributed by atoms with E-state index in [1.165, 1.54) is 16.7 Å². The fourth-order valence-electron chi connectivity index (χ4n) is 1.97. The number of anilines is 1. The predicted octanol–water partition coefficient (Wildman–Crippen LogP) is 4.03. The van der Waals surface area contributed by atoms with E-state index >= 15 is 0 Å². The smallest absolute Gasteiger partial charge is 0.225 e. The third-order valence-electron chi connectivity index (χ3n) is 3.12. The highest BCUT2D eigenvalue weighted by Crippen LogP contribution is 2.14. The van der Waals surface area contributed by atoms with Crippen LogP contribution in [0.4, 0.5) is 5.82 Å². The van der Waals surface area contributed by atoms with Gasteiger partial charge in [-0.15, -0.1) is 0 Å². The molecule has 4 heteroatoms. The molecule has 1 N–H and O–H groups in total. The monoisotopic (exact) mass is 332 g/mol. The molecule has 20 heavy (non-hydrogen) atoms. The summed E-state index contributed by atoms with van der Waals surface area (Å²) in [6.45, 7) is 4.14. The molecule has 1 heterocycles. The van der Waals surface area contributed by atoms with Gasteiger partial charge in [0, 0.05) is 17.1 Å². The normalized spacial score (nSPS) is 10.3. The van der Waals surface area contributed by atoms with E-state index in [0.717, 1.165) is 10.9 Å². The minimum Gasteiger partial charge on any atom is -0.311 e. The van der Waals surface area contributed by atoms with Crippen LogP contribution in [0.15, 0.2) is 41.0 Å². The summed E-state index contributed by atoms with van der Waals surface area (Å²) in [6, 6.07) is 9.96. The number of nitrogens with one attached hydrogen (secondary N) is 1. The van der Waals surface area contributed by atoms with Gasteiger partial charge in [-0.2, -0.15) is 0 Å². The summed E-state index contributed by atoms with van der Waals surface area (Å²) in [5, 5.41) is 2.80. The van der Waals surface area contributed by atoms with Crippen molar-refractivity contribution in [2.75, 3.05) is 5.32 Å². The maximum Gasteiger partial charge on any atom is 0.225 e. The van der Waals surface area contributed by atoms with Crippen LogP contribution < -0.4 is 5.32 Å². The Bertz CT molecular complexity index is 608. The third-order valence-corrected chi connectivity index (χ3v) is 3.59. The molecule has 104 valence electrons. The van der Waals surface area contributed by atoms with Crippen molar-refractivity contribution in [1.29, 1.82) is 0 Å². The Labute approximate surface area is 127 Å². The maximum atomic E-state index is 11.9. The minimum atomic E-state index is -0.0132. The molecule has 1 aromatic carbocycles. The number of hydrogen-bond acceptors (Lipinski definition) is 2. The van der Waals surface area contributed by atoms with E-state index in [1.54, 1.807) is 12.3 Å². The number of pyridine rings is 1. The zero-order chi connectivity index (χ0) is 14.5. The molecule has 0 radical (unpaired) electrons. The number of amides is 1. The van der Waals surface area contributed by atoms with Gasteiger partial charge in [-0.25, -0.2) is 4.98 Å². The van der Waals surface area contributed by atoms with Gasteiger partial charge in [-0.1, -0.05) is 23.8 Å². The lowest BCUT2D eigenvalue weighted by Gasteiger charge is -2.08. The van der Waals surface area contributed by atoms with Gasteiger partial charge in [0.15, 0.2) is 0 Å². The van der Waals surface area contributed by atoms with Crippen molar-refractivity contribution >= 4 is 27.7 Å². The van der Waals surface area contributed by atoms with E-state index in [9.17, 15) is 4.79 Å². The molecular weight excluding hydrogens is 316 g/mol. The second kappa shape index (κ2) is 6.66. The van der Waals surface area contributed by atoms with Crippen molar-refractivity contribution < 1.29 is 4.79 Å². The second-order valence-corrected chi connectivity index (χ2v) is 5.76. The lowest BCUT2D eigenvalue weighted by atomic mass is 10.0. The Morgan fingerprint density at radius 1 is 1.25 bits per heavy atom. The van der Waals surface area contributed by atoms with Gasteiger partial charge in [0.05, 0.1) is 0 Å². The molecule has 1 amide bonds. The quantitative estimate of drug-likeness (QED) is 0.918. The SMILES string of the molecule is Cc1ccc(C)c(CCC(=O)Nc2ccc(Br)cn2)c1. The maximum absolute atomic E-state index is 11.9. The first-order valence-corrected chi connectivity index (χ1v) is 7.31. The first-order valence-electron chi connectivity index (χ1n) is 6.52. The first kappa shape index (κ1) is 14.7. The summed E-state index contributed by atoms with van der Waals surface area (Å²) in [5.74, 6) is 0.569. The van der Waals surface area contributed by atoms with E-state index in [0.29, 0.717) is 12.2 Å². The molecule has 2 rings (SSSR count). The zero-order valence-corrected chi connectivity index (χ0v) is 13.2. The lowest BCUT2D eigenvalue weighted by molar-refractivity contribution is -0.116. The van der Waals surface area contributed by atoms with Crippen molar-refractivity contribution in [3.05, 3.63) is 57.7 Å². The summed E-state index contributed by atoms with van der Waals surface area (Å²) in [7, 11) is 0. The molecule has 0 saturated heterocycles. The van der Waals surface area contributed by atoms with Gasteiger partial charge in [-0.05, 0) is 59.5 Å². The van der Waals surface area contributed by atoms with Gasteiger partial charge in [0.1, 0.15) is 5.82 Å². The number of benzene rings is 1. The third kappa shape index (κ3) is 4.17. The standard InChI is InChI=1S/C16H17BrN2O/c1-11-3-4-12(2)13(9-11)5-8-16(20)19-15-7-6-14(17)10-18-15/h3-4,6-7,9-10H,5,8H2,1-2H3,(H,18,19,20). The van der Waals surface area contributed by atoms with Gasteiger partial charge < -0.3 is 5.32 Å². The van der Waals surface area contributed by atoms with Crippen molar-refractivity contribution in [2.24, 2.45) is 0 Å².